The third-order valence-electron chi connectivity index (χ3n) is 6.79. The first-order valence-electron chi connectivity index (χ1n) is 13.8. The van der Waals surface area contributed by atoms with Crippen molar-refractivity contribution in [2.24, 2.45) is 0 Å². The van der Waals surface area contributed by atoms with E-state index in [2.05, 4.69) is 5.32 Å². The largest absolute Gasteiger partial charge is 0.495 e. The van der Waals surface area contributed by atoms with Crippen LogP contribution in [0.1, 0.15) is 44.2 Å². The molecular weight excluding hydrogens is 581 g/mol. The number of benzene rings is 3. The molecular formula is C31H37ClFN3O5S. The van der Waals surface area contributed by atoms with E-state index in [9.17, 15) is 22.4 Å². The minimum absolute atomic E-state index is 0.0118. The van der Waals surface area contributed by atoms with Gasteiger partial charge in [-0.25, -0.2) is 12.8 Å². The molecule has 1 N–H and O–H groups in total. The van der Waals surface area contributed by atoms with Crippen LogP contribution >= 0.6 is 11.6 Å². The van der Waals surface area contributed by atoms with Gasteiger partial charge in [-0.05, 0) is 67.8 Å². The molecule has 0 unspecified atom stereocenters. The van der Waals surface area contributed by atoms with Gasteiger partial charge < -0.3 is 15.0 Å². The van der Waals surface area contributed by atoms with Gasteiger partial charge in [-0.3, -0.25) is 13.9 Å². The van der Waals surface area contributed by atoms with Gasteiger partial charge >= 0.3 is 0 Å². The molecule has 0 aliphatic rings. The minimum Gasteiger partial charge on any atom is -0.495 e. The SMILES string of the molecule is CCCCNC(=O)[C@H](CC)N(Cc1ccc(F)cc1)C(=O)CN(c1ccc(OC)c(Cl)c1)S(=O)(=O)c1ccc(C)cc1. The summed E-state index contributed by atoms with van der Waals surface area (Å²) < 4.78 is 47.8. The van der Waals surface area contributed by atoms with Crippen LogP contribution in [0, 0.1) is 12.7 Å². The van der Waals surface area contributed by atoms with Crippen molar-refractivity contribution >= 4 is 39.1 Å². The van der Waals surface area contributed by atoms with Gasteiger partial charge in [0.05, 0.1) is 22.7 Å². The number of ether oxygens (including phenoxy) is 1. The van der Waals surface area contributed by atoms with Crippen molar-refractivity contribution in [2.45, 2.75) is 57.5 Å². The predicted octanol–water partition coefficient (Wildman–Crippen LogP) is 5.72. The molecule has 0 saturated heterocycles. The third-order valence-corrected chi connectivity index (χ3v) is 8.88. The number of aryl methyl sites for hydroxylation is 1. The lowest BCUT2D eigenvalue weighted by Crippen LogP contribution is -2.52. The van der Waals surface area contributed by atoms with Gasteiger partial charge in [0.25, 0.3) is 10.0 Å². The summed E-state index contributed by atoms with van der Waals surface area (Å²) in [5, 5.41) is 3.04. The minimum atomic E-state index is -4.25. The van der Waals surface area contributed by atoms with Crippen molar-refractivity contribution in [3.05, 3.63) is 88.7 Å². The Bertz CT molecular complexity index is 1470. The van der Waals surface area contributed by atoms with Gasteiger partial charge in [-0.2, -0.15) is 0 Å². The summed E-state index contributed by atoms with van der Waals surface area (Å²) in [5.74, 6) is -1.05. The van der Waals surface area contributed by atoms with Crippen LogP contribution in [0.15, 0.2) is 71.6 Å². The van der Waals surface area contributed by atoms with Gasteiger partial charge in [0.1, 0.15) is 24.2 Å². The average Bonchev–Trinajstić information content (AvgIpc) is 2.97. The number of methoxy groups -OCH3 is 1. The van der Waals surface area contributed by atoms with Crippen LogP contribution in [0.25, 0.3) is 0 Å². The van der Waals surface area contributed by atoms with Crippen LogP contribution in [0.3, 0.4) is 0 Å². The Hall–Kier alpha value is -3.63. The number of anilines is 1. The van der Waals surface area contributed by atoms with Gasteiger partial charge in [-0.15, -0.1) is 0 Å². The van der Waals surface area contributed by atoms with Gasteiger partial charge in [-0.1, -0.05) is 61.7 Å². The molecule has 0 radical (unpaired) electrons. The molecule has 0 heterocycles. The molecule has 0 fully saturated rings. The van der Waals surface area contributed by atoms with Crippen molar-refractivity contribution in [2.75, 3.05) is 24.5 Å². The van der Waals surface area contributed by atoms with Gasteiger partial charge in [0, 0.05) is 13.1 Å². The lowest BCUT2D eigenvalue weighted by Gasteiger charge is -2.33. The highest BCUT2D eigenvalue weighted by atomic mass is 35.5. The Morgan fingerprint density at radius 2 is 1.69 bits per heavy atom. The number of unbranched alkanes of at least 4 members (excludes halogenated alkanes) is 1. The first kappa shape index (κ1) is 32.9. The number of nitrogens with one attached hydrogen (secondary N) is 1. The van der Waals surface area contributed by atoms with Crippen molar-refractivity contribution in [1.82, 2.24) is 10.2 Å². The first-order chi connectivity index (χ1) is 20.0. The Labute approximate surface area is 252 Å². The number of carbonyl (C=O) groups excluding carboxylic acids is 2. The van der Waals surface area contributed by atoms with E-state index in [1.165, 1.54) is 66.6 Å². The van der Waals surface area contributed by atoms with E-state index in [0.717, 1.165) is 22.7 Å². The molecule has 3 rings (SSSR count). The lowest BCUT2D eigenvalue weighted by molar-refractivity contribution is -0.140. The summed E-state index contributed by atoms with van der Waals surface area (Å²) in [4.78, 5) is 28.6. The van der Waals surface area contributed by atoms with E-state index >= 15 is 0 Å². The van der Waals surface area contributed by atoms with E-state index in [-0.39, 0.29) is 34.5 Å². The molecule has 2 amide bonds. The molecule has 0 aromatic heterocycles. The number of amides is 2. The van der Waals surface area contributed by atoms with Crippen molar-refractivity contribution in [3.63, 3.8) is 0 Å². The zero-order valence-electron chi connectivity index (χ0n) is 24.3. The Morgan fingerprint density at radius 3 is 2.26 bits per heavy atom. The molecule has 0 aliphatic heterocycles. The second-order valence-corrected chi connectivity index (χ2v) is 12.1. The van der Waals surface area contributed by atoms with Crippen LogP contribution < -0.4 is 14.4 Å². The number of hydrogen-bond donors (Lipinski definition) is 1. The Kier molecular flexibility index (Phi) is 11.8. The fourth-order valence-electron chi connectivity index (χ4n) is 4.39. The van der Waals surface area contributed by atoms with E-state index in [0.29, 0.717) is 17.9 Å². The fraction of sp³-hybridized carbons (Fsp3) is 0.355. The molecule has 11 heteroatoms. The zero-order chi connectivity index (χ0) is 30.9. The maximum atomic E-state index is 14.1. The third kappa shape index (κ3) is 8.23. The van der Waals surface area contributed by atoms with Crippen molar-refractivity contribution in [3.8, 4) is 5.75 Å². The second kappa shape index (κ2) is 15.0. The zero-order valence-corrected chi connectivity index (χ0v) is 25.8. The van der Waals surface area contributed by atoms with Gasteiger partial charge in [0.15, 0.2) is 0 Å². The molecule has 3 aromatic rings. The van der Waals surface area contributed by atoms with Gasteiger partial charge in [0.2, 0.25) is 11.8 Å². The topological polar surface area (TPSA) is 96.0 Å². The van der Waals surface area contributed by atoms with Crippen molar-refractivity contribution < 1.29 is 27.1 Å². The summed E-state index contributed by atoms with van der Waals surface area (Å²) >= 11 is 6.36. The van der Waals surface area contributed by atoms with E-state index in [4.69, 9.17) is 16.3 Å². The molecule has 0 bridgehead atoms. The number of carbonyl (C=O) groups is 2. The van der Waals surface area contributed by atoms with Crippen LogP contribution in [0.4, 0.5) is 10.1 Å². The highest BCUT2D eigenvalue weighted by molar-refractivity contribution is 7.92. The molecule has 8 nitrogen and oxygen atoms in total. The molecule has 1 atom stereocenters. The number of rotatable bonds is 14. The van der Waals surface area contributed by atoms with E-state index in [1.807, 2.05) is 13.8 Å². The summed E-state index contributed by atoms with van der Waals surface area (Å²) in [6, 6.07) is 15.4. The Morgan fingerprint density at radius 1 is 1.02 bits per heavy atom. The smallest absolute Gasteiger partial charge is 0.264 e. The summed E-state index contributed by atoms with van der Waals surface area (Å²) in [6.07, 6.45) is 1.93. The Balaban J connectivity index is 2.06. The number of hydrogen-bond acceptors (Lipinski definition) is 5. The van der Waals surface area contributed by atoms with E-state index < -0.39 is 34.3 Å². The fourth-order valence-corrected chi connectivity index (χ4v) is 6.05. The highest BCUT2D eigenvalue weighted by Crippen LogP contribution is 2.32. The quantitative estimate of drug-likeness (QED) is 0.234. The first-order valence-corrected chi connectivity index (χ1v) is 15.6. The predicted molar refractivity (Wildman–Crippen MR) is 163 cm³/mol. The summed E-state index contributed by atoms with van der Waals surface area (Å²) in [7, 11) is -2.81. The maximum absolute atomic E-state index is 14.1. The molecule has 226 valence electrons. The second-order valence-electron chi connectivity index (χ2n) is 9.86. The van der Waals surface area contributed by atoms with E-state index in [1.54, 1.807) is 19.1 Å². The molecule has 3 aromatic carbocycles. The standard InChI is InChI=1S/C31H37ClFN3O5S/c1-5-7-18-34-31(38)28(6-2)35(20-23-10-12-24(33)13-11-23)30(37)21-36(25-14-17-29(41-4)27(32)19-25)42(39,40)26-15-8-22(3)9-16-26/h8-17,19,28H,5-7,18,20-21H2,1-4H3,(H,34,38)/t28-/m0/s1. The normalized spacial score (nSPS) is 12.0. The maximum Gasteiger partial charge on any atom is 0.264 e. The van der Waals surface area contributed by atoms with Crippen LogP contribution in [0.2, 0.25) is 5.02 Å². The lowest BCUT2D eigenvalue weighted by atomic mass is 10.1. The molecule has 42 heavy (non-hydrogen) atoms. The monoisotopic (exact) mass is 617 g/mol. The average molecular weight is 618 g/mol. The molecule has 0 spiro atoms. The molecule has 0 saturated carbocycles. The molecule has 0 aliphatic carbocycles. The number of halogens is 2. The number of nitrogens with zero attached hydrogens (tertiary/aromatic N) is 2. The van der Waals surface area contributed by atoms with Crippen LogP contribution in [0.5, 0.6) is 5.75 Å². The highest BCUT2D eigenvalue weighted by Gasteiger charge is 2.34. The van der Waals surface area contributed by atoms with Crippen LogP contribution in [-0.4, -0.2) is 51.4 Å². The van der Waals surface area contributed by atoms with Crippen molar-refractivity contribution in [1.29, 1.82) is 0 Å². The number of sulfonamides is 1. The van der Waals surface area contributed by atoms with Crippen LogP contribution in [-0.2, 0) is 26.2 Å². The summed E-state index contributed by atoms with van der Waals surface area (Å²) in [5.41, 5.74) is 1.61. The summed E-state index contributed by atoms with van der Waals surface area (Å²) in [6.45, 7) is 5.42.